The molecule has 1 aromatic carbocycles. The standard InChI is InChI=1S/C13H16BrNO2S/c1-13(2,10-15)7-4-8-18(16,17)12-6-3-5-11(14)9-12/h3,5-6,9H,4,7-8H2,1-2H3. The third kappa shape index (κ3) is 4.43. The Bertz CT molecular complexity index is 559. The lowest BCUT2D eigenvalue weighted by atomic mass is 9.90. The highest BCUT2D eigenvalue weighted by Crippen LogP contribution is 2.23. The molecule has 0 spiro atoms. The predicted octanol–water partition coefficient (Wildman–Crippen LogP) is 3.55. The summed E-state index contributed by atoms with van der Waals surface area (Å²) in [7, 11) is -3.25. The van der Waals surface area contributed by atoms with Gasteiger partial charge in [0.1, 0.15) is 0 Å². The van der Waals surface area contributed by atoms with Crippen molar-refractivity contribution in [3.05, 3.63) is 28.7 Å². The van der Waals surface area contributed by atoms with Crippen molar-refractivity contribution in [2.24, 2.45) is 5.41 Å². The van der Waals surface area contributed by atoms with E-state index in [2.05, 4.69) is 22.0 Å². The van der Waals surface area contributed by atoms with Gasteiger partial charge in [-0.1, -0.05) is 22.0 Å². The maximum Gasteiger partial charge on any atom is 0.178 e. The van der Waals surface area contributed by atoms with Gasteiger partial charge in [-0.05, 0) is 44.9 Å². The molecule has 0 amide bonds. The van der Waals surface area contributed by atoms with Crippen molar-refractivity contribution in [2.75, 3.05) is 5.75 Å². The molecule has 0 saturated carbocycles. The molecule has 0 saturated heterocycles. The predicted molar refractivity (Wildman–Crippen MR) is 74.8 cm³/mol. The lowest BCUT2D eigenvalue weighted by Crippen LogP contribution is -2.12. The van der Waals surface area contributed by atoms with Gasteiger partial charge in [0.2, 0.25) is 0 Å². The van der Waals surface area contributed by atoms with Crippen LogP contribution in [-0.4, -0.2) is 14.2 Å². The van der Waals surface area contributed by atoms with Crippen molar-refractivity contribution in [3.63, 3.8) is 0 Å². The Morgan fingerprint density at radius 2 is 2.06 bits per heavy atom. The minimum Gasteiger partial charge on any atom is -0.224 e. The van der Waals surface area contributed by atoms with Crippen LogP contribution in [0, 0.1) is 16.7 Å². The van der Waals surface area contributed by atoms with Gasteiger partial charge in [-0.3, -0.25) is 0 Å². The van der Waals surface area contributed by atoms with Gasteiger partial charge in [-0.25, -0.2) is 8.42 Å². The first-order valence-electron chi connectivity index (χ1n) is 5.66. The van der Waals surface area contributed by atoms with Crippen molar-refractivity contribution in [1.82, 2.24) is 0 Å². The summed E-state index contributed by atoms with van der Waals surface area (Å²) in [4.78, 5) is 0.326. The van der Waals surface area contributed by atoms with Gasteiger partial charge in [0.05, 0.1) is 22.1 Å². The Hall–Kier alpha value is -0.860. The number of halogens is 1. The normalized spacial score (nSPS) is 12.1. The highest BCUT2D eigenvalue weighted by Gasteiger charge is 2.20. The van der Waals surface area contributed by atoms with E-state index in [1.54, 1.807) is 24.3 Å². The molecule has 5 heteroatoms. The molecule has 0 aliphatic carbocycles. The van der Waals surface area contributed by atoms with Crippen LogP contribution < -0.4 is 0 Å². The molecule has 1 aromatic rings. The molecule has 0 aliphatic rings. The summed E-state index contributed by atoms with van der Waals surface area (Å²) in [6, 6.07) is 8.86. The molecule has 0 unspecified atom stereocenters. The van der Waals surface area contributed by atoms with Crippen LogP contribution in [0.3, 0.4) is 0 Å². The number of hydrogen-bond acceptors (Lipinski definition) is 3. The van der Waals surface area contributed by atoms with Crippen molar-refractivity contribution in [2.45, 2.75) is 31.6 Å². The molecule has 0 radical (unpaired) electrons. The molecule has 0 aromatic heterocycles. The smallest absolute Gasteiger partial charge is 0.178 e. The van der Waals surface area contributed by atoms with Gasteiger partial charge in [0.25, 0.3) is 0 Å². The van der Waals surface area contributed by atoms with Crippen molar-refractivity contribution >= 4 is 25.8 Å². The van der Waals surface area contributed by atoms with Crippen LogP contribution in [-0.2, 0) is 9.84 Å². The molecule has 0 atom stereocenters. The third-order valence-corrected chi connectivity index (χ3v) is 4.96. The number of hydrogen-bond donors (Lipinski definition) is 0. The lowest BCUT2D eigenvalue weighted by molar-refractivity contribution is 0.445. The third-order valence-electron chi connectivity index (χ3n) is 2.67. The quantitative estimate of drug-likeness (QED) is 0.829. The molecule has 3 nitrogen and oxygen atoms in total. The zero-order valence-corrected chi connectivity index (χ0v) is 12.9. The number of nitrogens with zero attached hydrogens (tertiary/aromatic N) is 1. The SMILES string of the molecule is CC(C)(C#N)CCCS(=O)(=O)c1cccc(Br)c1. The molecular weight excluding hydrogens is 314 g/mol. The first-order chi connectivity index (χ1) is 8.27. The summed E-state index contributed by atoms with van der Waals surface area (Å²) < 4.78 is 24.9. The zero-order valence-electron chi connectivity index (χ0n) is 10.5. The molecule has 0 bridgehead atoms. The lowest BCUT2D eigenvalue weighted by Gasteiger charge is -2.14. The average Bonchev–Trinajstić information content (AvgIpc) is 2.28. The van der Waals surface area contributed by atoms with E-state index in [0.717, 1.165) is 4.47 Å². The first kappa shape index (κ1) is 15.2. The maximum absolute atomic E-state index is 12.1. The summed E-state index contributed by atoms with van der Waals surface area (Å²) in [5.41, 5.74) is -0.465. The Labute approximate surface area is 117 Å². The summed E-state index contributed by atoms with van der Waals surface area (Å²) in [6.07, 6.45) is 1.08. The highest BCUT2D eigenvalue weighted by molar-refractivity contribution is 9.10. The Kier molecular flexibility index (Phi) is 4.94. The minimum atomic E-state index is -3.25. The van der Waals surface area contributed by atoms with Crippen LogP contribution >= 0.6 is 15.9 Å². The van der Waals surface area contributed by atoms with E-state index in [9.17, 15) is 8.42 Å². The second-order valence-electron chi connectivity index (χ2n) is 4.88. The minimum absolute atomic E-state index is 0.0779. The van der Waals surface area contributed by atoms with Crippen LogP contribution in [0.5, 0.6) is 0 Å². The van der Waals surface area contributed by atoms with E-state index in [4.69, 9.17) is 5.26 Å². The van der Waals surface area contributed by atoms with Gasteiger partial charge in [0.15, 0.2) is 9.84 Å². The average molecular weight is 330 g/mol. The van der Waals surface area contributed by atoms with Crippen LogP contribution in [0.25, 0.3) is 0 Å². The molecule has 0 fully saturated rings. The zero-order chi connectivity index (χ0) is 13.8. The molecule has 0 aliphatic heterocycles. The Morgan fingerprint density at radius 1 is 1.39 bits per heavy atom. The van der Waals surface area contributed by atoms with Crippen molar-refractivity contribution in [3.8, 4) is 6.07 Å². The Balaban J connectivity index is 2.70. The largest absolute Gasteiger partial charge is 0.224 e. The monoisotopic (exact) mass is 329 g/mol. The van der Waals surface area contributed by atoms with Gasteiger partial charge < -0.3 is 0 Å². The number of rotatable bonds is 5. The molecule has 0 heterocycles. The van der Waals surface area contributed by atoms with E-state index >= 15 is 0 Å². The number of sulfone groups is 1. The maximum atomic E-state index is 12.1. The van der Waals surface area contributed by atoms with E-state index < -0.39 is 15.3 Å². The number of nitriles is 1. The van der Waals surface area contributed by atoms with E-state index in [0.29, 0.717) is 17.7 Å². The van der Waals surface area contributed by atoms with Crippen LogP contribution in [0.1, 0.15) is 26.7 Å². The topological polar surface area (TPSA) is 57.9 Å². The van der Waals surface area contributed by atoms with Gasteiger partial charge in [-0.15, -0.1) is 0 Å². The fourth-order valence-electron chi connectivity index (χ4n) is 1.54. The summed E-state index contributed by atoms with van der Waals surface area (Å²) in [5, 5.41) is 8.87. The van der Waals surface area contributed by atoms with Gasteiger partial charge in [0, 0.05) is 4.47 Å². The fourth-order valence-corrected chi connectivity index (χ4v) is 3.44. The van der Waals surface area contributed by atoms with Gasteiger partial charge >= 0.3 is 0 Å². The fraction of sp³-hybridized carbons (Fsp3) is 0.462. The van der Waals surface area contributed by atoms with E-state index in [1.807, 2.05) is 13.8 Å². The molecule has 98 valence electrons. The van der Waals surface area contributed by atoms with Gasteiger partial charge in [-0.2, -0.15) is 5.26 Å². The first-order valence-corrected chi connectivity index (χ1v) is 8.11. The van der Waals surface area contributed by atoms with Crippen molar-refractivity contribution in [1.29, 1.82) is 5.26 Å². The summed E-state index contributed by atoms with van der Waals surface area (Å²) >= 11 is 3.26. The Morgan fingerprint density at radius 3 is 2.61 bits per heavy atom. The second kappa shape index (κ2) is 5.85. The van der Waals surface area contributed by atoms with Crippen LogP contribution in [0.2, 0.25) is 0 Å². The highest BCUT2D eigenvalue weighted by atomic mass is 79.9. The van der Waals surface area contributed by atoms with Crippen LogP contribution in [0.15, 0.2) is 33.6 Å². The number of benzene rings is 1. The van der Waals surface area contributed by atoms with Crippen molar-refractivity contribution < 1.29 is 8.42 Å². The summed E-state index contributed by atoms with van der Waals surface area (Å²) in [5.74, 6) is 0.0779. The molecular formula is C13H16BrNO2S. The molecule has 18 heavy (non-hydrogen) atoms. The van der Waals surface area contributed by atoms with E-state index in [-0.39, 0.29) is 5.75 Å². The molecule has 1 rings (SSSR count). The van der Waals surface area contributed by atoms with E-state index in [1.165, 1.54) is 0 Å². The second-order valence-corrected chi connectivity index (χ2v) is 7.90. The van der Waals surface area contributed by atoms with Crippen LogP contribution in [0.4, 0.5) is 0 Å². The molecule has 0 N–H and O–H groups in total. The summed E-state index contributed by atoms with van der Waals surface area (Å²) in [6.45, 7) is 3.64.